The number of fused-ring (bicyclic) bond motifs is 3. The highest BCUT2D eigenvalue weighted by atomic mass is 32.2. The number of thioether (sulfide) groups is 1. The number of nitrogens with zero attached hydrogens (tertiary/aromatic N) is 2. The molecule has 9 nitrogen and oxygen atoms in total. The Morgan fingerprint density at radius 1 is 0.894 bits per heavy atom. The largest absolute Gasteiger partial charge is 0.462 e. The molecule has 5 aromatic rings. The van der Waals surface area contributed by atoms with Crippen molar-refractivity contribution in [1.82, 2.24) is 4.57 Å². The van der Waals surface area contributed by atoms with E-state index in [1.54, 1.807) is 25.1 Å². The minimum absolute atomic E-state index is 0.203. The third kappa shape index (κ3) is 5.43. The minimum atomic E-state index is -0.920. The molecule has 236 valence electrons. The molecule has 47 heavy (non-hydrogen) atoms. The maximum Gasteiger partial charge on any atom is 0.338 e. The zero-order chi connectivity index (χ0) is 32.8. The zero-order valence-corrected chi connectivity index (χ0v) is 26.5. The standard InChI is InChI=1S/C35H26FN3O6S2/c1-2-45-34(43)21-12-16-23(17-13-21)39-31(41)28-27(20-10-14-22(36)15-11-20)30-33(46-29(28)32(39)42)38(35(44)47-30)18-26(40)37-25-9-5-7-19-6-3-4-8-24(19)25/h3-17,27-29H,2,18H2,1H3,(H,37,40)/t27-,28?,29?/m1/s1. The van der Waals surface area contributed by atoms with Crippen molar-refractivity contribution in [1.29, 1.82) is 0 Å². The second kappa shape index (κ2) is 12.3. The predicted molar refractivity (Wildman–Crippen MR) is 177 cm³/mol. The Morgan fingerprint density at radius 2 is 1.62 bits per heavy atom. The first-order valence-electron chi connectivity index (χ1n) is 14.8. The Bertz CT molecular complexity index is 2120. The summed E-state index contributed by atoms with van der Waals surface area (Å²) in [6, 6.07) is 24.8. The fraction of sp³-hybridized carbons (Fsp3) is 0.171. The molecule has 12 heteroatoms. The first kappa shape index (κ1) is 30.6. The topological polar surface area (TPSA) is 115 Å². The number of anilines is 2. The summed E-state index contributed by atoms with van der Waals surface area (Å²) in [5, 5.41) is 4.21. The van der Waals surface area contributed by atoms with Crippen LogP contribution in [-0.2, 0) is 25.7 Å². The molecule has 3 amide bonds. The lowest BCUT2D eigenvalue weighted by Crippen LogP contribution is -2.33. The summed E-state index contributed by atoms with van der Waals surface area (Å²) in [6.45, 7) is 1.59. The number of carbonyl (C=O) groups is 4. The van der Waals surface area contributed by atoms with E-state index in [1.807, 2.05) is 36.4 Å². The third-order valence-corrected chi connectivity index (χ3v) is 10.9. The van der Waals surface area contributed by atoms with Crippen molar-refractivity contribution in [3.8, 4) is 0 Å². The lowest BCUT2D eigenvalue weighted by atomic mass is 9.83. The molecule has 3 heterocycles. The van der Waals surface area contributed by atoms with Crippen molar-refractivity contribution in [3.05, 3.63) is 122 Å². The van der Waals surface area contributed by atoms with Crippen molar-refractivity contribution in [3.63, 3.8) is 0 Å². The zero-order valence-electron chi connectivity index (χ0n) is 24.8. The van der Waals surface area contributed by atoms with E-state index >= 15 is 0 Å². The maximum absolute atomic E-state index is 14.1. The number of hydrogen-bond acceptors (Lipinski definition) is 8. The fourth-order valence-electron chi connectivity index (χ4n) is 6.17. The van der Waals surface area contributed by atoms with E-state index in [2.05, 4.69) is 5.32 Å². The smallest absolute Gasteiger partial charge is 0.338 e. The lowest BCUT2D eigenvalue weighted by molar-refractivity contribution is -0.122. The highest BCUT2D eigenvalue weighted by Crippen LogP contribution is 2.53. The molecule has 0 bridgehead atoms. The van der Waals surface area contributed by atoms with Crippen LogP contribution in [0.2, 0.25) is 0 Å². The van der Waals surface area contributed by atoms with Gasteiger partial charge in [-0.1, -0.05) is 71.6 Å². The molecular weight excluding hydrogens is 642 g/mol. The molecule has 7 rings (SSSR count). The van der Waals surface area contributed by atoms with E-state index in [-0.39, 0.29) is 24.4 Å². The highest BCUT2D eigenvalue weighted by Gasteiger charge is 2.56. The summed E-state index contributed by atoms with van der Waals surface area (Å²) >= 11 is 2.00. The second-order valence-electron chi connectivity index (χ2n) is 11.1. The van der Waals surface area contributed by atoms with Gasteiger partial charge in [0.25, 0.3) is 0 Å². The Labute approximate surface area is 276 Å². The lowest BCUT2D eigenvalue weighted by Gasteiger charge is -2.30. The van der Waals surface area contributed by atoms with Crippen LogP contribution in [0.1, 0.15) is 33.6 Å². The molecule has 0 spiro atoms. The first-order valence-corrected chi connectivity index (χ1v) is 16.5. The quantitative estimate of drug-likeness (QED) is 0.172. The van der Waals surface area contributed by atoms with E-state index < -0.39 is 51.5 Å². The van der Waals surface area contributed by atoms with Gasteiger partial charge in [-0.2, -0.15) is 0 Å². The van der Waals surface area contributed by atoms with Gasteiger partial charge in [0, 0.05) is 21.9 Å². The SMILES string of the molecule is CCOC(=O)c1ccc(N2C(=O)C3Sc4c(sc(=O)n4CC(=O)Nc4cccc5ccccc45)[C@H](c4ccc(F)cc4)C3C2=O)cc1. The minimum Gasteiger partial charge on any atom is -0.462 e. The summed E-state index contributed by atoms with van der Waals surface area (Å²) in [5.74, 6) is -4.02. The van der Waals surface area contributed by atoms with Gasteiger partial charge >= 0.3 is 10.8 Å². The number of imide groups is 1. The van der Waals surface area contributed by atoms with Crippen molar-refractivity contribution < 1.29 is 28.3 Å². The molecule has 1 saturated heterocycles. The van der Waals surface area contributed by atoms with Gasteiger partial charge in [-0.05, 0) is 60.3 Å². The summed E-state index contributed by atoms with van der Waals surface area (Å²) in [7, 11) is 0. The Morgan fingerprint density at radius 3 is 2.36 bits per heavy atom. The average Bonchev–Trinajstić information content (AvgIpc) is 3.51. The van der Waals surface area contributed by atoms with Crippen LogP contribution in [0.3, 0.4) is 0 Å². The van der Waals surface area contributed by atoms with Gasteiger partial charge in [-0.25, -0.2) is 14.1 Å². The Kier molecular flexibility index (Phi) is 7.98. The van der Waals surface area contributed by atoms with Gasteiger partial charge in [0.2, 0.25) is 17.7 Å². The van der Waals surface area contributed by atoms with Crippen LogP contribution >= 0.6 is 23.1 Å². The van der Waals surface area contributed by atoms with E-state index in [4.69, 9.17) is 4.74 Å². The number of amides is 3. The molecule has 4 aromatic carbocycles. The Hall–Kier alpha value is -5.07. The van der Waals surface area contributed by atoms with Gasteiger partial charge in [0.15, 0.2) is 0 Å². The van der Waals surface area contributed by atoms with Crippen LogP contribution in [-0.4, -0.2) is 40.1 Å². The molecule has 0 aliphatic carbocycles. The number of benzene rings is 4. The van der Waals surface area contributed by atoms with E-state index in [1.165, 1.54) is 41.0 Å². The molecule has 2 aliphatic heterocycles. The van der Waals surface area contributed by atoms with Crippen molar-refractivity contribution in [2.24, 2.45) is 5.92 Å². The van der Waals surface area contributed by atoms with Gasteiger partial charge in [-0.15, -0.1) is 0 Å². The van der Waals surface area contributed by atoms with Crippen LogP contribution in [0, 0.1) is 11.7 Å². The van der Waals surface area contributed by atoms with Gasteiger partial charge < -0.3 is 10.1 Å². The maximum atomic E-state index is 14.1. The van der Waals surface area contributed by atoms with Crippen LogP contribution in [0.4, 0.5) is 15.8 Å². The van der Waals surface area contributed by atoms with Crippen LogP contribution in [0.15, 0.2) is 101 Å². The molecule has 0 radical (unpaired) electrons. The fourth-order valence-corrected chi connectivity index (χ4v) is 8.94. The number of nitrogens with one attached hydrogen (secondary N) is 1. The Balaban J connectivity index is 1.24. The second-order valence-corrected chi connectivity index (χ2v) is 13.2. The van der Waals surface area contributed by atoms with E-state index in [0.29, 0.717) is 21.2 Å². The predicted octanol–water partition coefficient (Wildman–Crippen LogP) is 5.81. The number of hydrogen-bond donors (Lipinski definition) is 1. The first-order chi connectivity index (χ1) is 22.7. The van der Waals surface area contributed by atoms with Gasteiger partial charge in [0.1, 0.15) is 17.6 Å². The van der Waals surface area contributed by atoms with Crippen LogP contribution < -0.4 is 15.1 Å². The number of aromatic nitrogens is 1. The molecule has 2 unspecified atom stereocenters. The average molecular weight is 668 g/mol. The number of esters is 1. The molecule has 2 aliphatic rings. The molecule has 1 N–H and O–H groups in total. The van der Waals surface area contributed by atoms with Gasteiger partial charge in [0.05, 0.1) is 28.8 Å². The van der Waals surface area contributed by atoms with Gasteiger partial charge in [-0.3, -0.25) is 23.7 Å². The molecule has 0 saturated carbocycles. The van der Waals surface area contributed by atoms with Crippen molar-refractivity contribution in [2.45, 2.75) is 29.7 Å². The molecule has 1 fully saturated rings. The number of ether oxygens (including phenoxy) is 1. The van der Waals surface area contributed by atoms with Crippen LogP contribution in [0.5, 0.6) is 0 Å². The van der Waals surface area contributed by atoms with E-state index in [0.717, 1.165) is 38.8 Å². The summed E-state index contributed by atoms with van der Waals surface area (Å²) in [4.78, 5) is 68.3. The summed E-state index contributed by atoms with van der Waals surface area (Å²) < 4.78 is 20.4. The summed E-state index contributed by atoms with van der Waals surface area (Å²) in [5.41, 5.74) is 1.73. The number of rotatable bonds is 7. The number of thiazole rings is 1. The van der Waals surface area contributed by atoms with E-state index in [9.17, 15) is 28.4 Å². The highest BCUT2D eigenvalue weighted by molar-refractivity contribution is 8.00. The number of carbonyl (C=O) groups excluding carboxylic acids is 4. The van der Waals surface area contributed by atoms with Crippen LogP contribution in [0.25, 0.3) is 10.8 Å². The molecular formula is C35H26FN3O6S2. The third-order valence-electron chi connectivity index (χ3n) is 8.28. The van der Waals surface area contributed by atoms with Crippen molar-refractivity contribution in [2.75, 3.05) is 16.8 Å². The van der Waals surface area contributed by atoms with Crippen molar-refractivity contribution >= 4 is 68.9 Å². The molecule has 1 aromatic heterocycles. The molecule has 3 atom stereocenters. The summed E-state index contributed by atoms with van der Waals surface area (Å²) in [6.07, 6.45) is 0. The number of halogens is 1. The normalized spacial score (nSPS) is 18.6. The monoisotopic (exact) mass is 667 g/mol.